The van der Waals surface area contributed by atoms with Gasteiger partial charge in [0.05, 0.1) is 11.3 Å². The molecule has 0 saturated carbocycles. The average Bonchev–Trinajstić information content (AvgIpc) is 2.42. The molecule has 0 saturated heterocycles. The van der Waals surface area contributed by atoms with Gasteiger partial charge in [0.1, 0.15) is 15.7 Å². The molecule has 1 aromatic carbocycles. The first kappa shape index (κ1) is 14.7. The van der Waals surface area contributed by atoms with E-state index in [1.165, 1.54) is 6.26 Å². The van der Waals surface area contributed by atoms with Gasteiger partial charge in [0, 0.05) is 37.3 Å². The summed E-state index contributed by atoms with van der Waals surface area (Å²) in [5, 5.41) is 1.04. The summed E-state index contributed by atoms with van der Waals surface area (Å²) in [6, 6.07) is 9.81. The molecule has 0 bridgehead atoms. The van der Waals surface area contributed by atoms with Crippen LogP contribution < -0.4 is 10.6 Å². The van der Waals surface area contributed by atoms with E-state index in [0.717, 1.165) is 22.3 Å². The minimum atomic E-state index is -2.99. The average molecular weight is 293 g/mol. The summed E-state index contributed by atoms with van der Waals surface area (Å²) in [5.41, 5.74) is 7.57. The van der Waals surface area contributed by atoms with Crippen molar-refractivity contribution in [2.24, 2.45) is 5.73 Å². The van der Waals surface area contributed by atoms with Gasteiger partial charge in [0.25, 0.3) is 0 Å². The molecular weight excluding hydrogens is 274 g/mol. The third kappa shape index (κ3) is 3.46. The predicted octanol–water partition coefficient (Wildman–Crippen LogP) is 1.17. The monoisotopic (exact) mass is 293 g/mol. The summed E-state index contributed by atoms with van der Waals surface area (Å²) in [7, 11) is -1.16. The highest BCUT2D eigenvalue weighted by Crippen LogP contribution is 2.22. The van der Waals surface area contributed by atoms with Crippen LogP contribution in [0.1, 0.15) is 5.56 Å². The molecule has 0 aliphatic rings. The minimum absolute atomic E-state index is 0.0992. The van der Waals surface area contributed by atoms with Crippen molar-refractivity contribution in [3.8, 4) is 0 Å². The van der Waals surface area contributed by atoms with Crippen molar-refractivity contribution in [3.05, 3.63) is 35.9 Å². The maximum Gasteiger partial charge on any atom is 0.149 e. The van der Waals surface area contributed by atoms with Crippen molar-refractivity contribution >= 4 is 26.6 Å². The number of para-hydroxylation sites is 1. The molecule has 0 unspecified atom stereocenters. The summed E-state index contributed by atoms with van der Waals surface area (Å²) >= 11 is 0. The van der Waals surface area contributed by atoms with Gasteiger partial charge in [-0.25, -0.2) is 13.4 Å². The summed E-state index contributed by atoms with van der Waals surface area (Å²) in [6.07, 6.45) is 1.23. The Morgan fingerprint density at radius 3 is 2.65 bits per heavy atom. The second-order valence-electron chi connectivity index (χ2n) is 4.92. The van der Waals surface area contributed by atoms with Crippen LogP contribution in [0.3, 0.4) is 0 Å². The number of pyridine rings is 1. The van der Waals surface area contributed by atoms with Gasteiger partial charge in [0.2, 0.25) is 0 Å². The van der Waals surface area contributed by atoms with E-state index in [4.69, 9.17) is 5.73 Å². The van der Waals surface area contributed by atoms with E-state index in [2.05, 4.69) is 4.98 Å². The van der Waals surface area contributed by atoms with Crippen LogP contribution >= 0.6 is 0 Å². The minimum Gasteiger partial charge on any atom is -0.358 e. The van der Waals surface area contributed by atoms with Gasteiger partial charge < -0.3 is 10.6 Å². The number of aromatic nitrogens is 1. The smallest absolute Gasteiger partial charge is 0.149 e. The van der Waals surface area contributed by atoms with Crippen LogP contribution in [0.5, 0.6) is 0 Å². The number of benzene rings is 1. The summed E-state index contributed by atoms with van der Waals surface area (Å²) in [4.78, 5) is 6.44. The number of anilines is 1. The summed E-state index contributed by atoms with van der Waals surface area (Å²) in [6.45, 7) is 0.771. The van der Waals surface area contributed by atoms with E-state index in [0.29, 0.717) is 13.1 Å². The first-order valence-electron chi connectivity index (χ1n) is 6.38. The molecule has 2 N–H and O–H groups in total. The Kier molecular flexibility index (Phi) is 4.25. The molecule has 0 spiro atoms. The Morgan fingerprint density at radius 1 is 1.30 bits per heavy atom. The Bertz CT molecular complexity index is 713. The zero-order chi connectivity index (χ0) is 14.8. The maximum absolute atomic E-state index is 11.3. The van der Waals surface area contributed by atoms with Crippen LogP contribution in [-0.4, -0.2) is 39.0 Å². The molecule has 2 rings (SSSR count). The number of nitrogens with two attached hydrogens (primary N) is 1. The van der Waals surface area contributed by atoms with E-state index in [1.807, 2.05) is 42.3 Å². The first-order valence-corrected chi connectivity index (χ1v) is 8.44. The molecule has 0 fully saturated rings. The number of nitrogens with zero attached hydrogens (tertiary/aromatic N) is 2. The van der Waals surface area contributed by atoms with E-state index in [1.54, 1.807) is 0 Å². The molecule has 0 aliphatic heterocycles. The number of sulfone groups is 1. The first-order chi connectivity index (χ1) is 9.40. The fourth-order valence-corrected chi connectivity index (χ4v) is 2.64. The van der Waals surface area contributed by atoms with Gasteiger partial charge in [0.15, 0.2) is 0 Å². The number of hydrogen-bond acceptors (Lipinski definition) is 5. The van der Waals surface area contributed by atoms with E-state index >= 15 is 0 Å². The molecule has 0 aliphatic carbocycles. The fraction of sp³-hybridized carbons (Fsp3) is 0.357. The summed E-state index contributed by atoms with van der Waals surface area (Å²) < 4.78 is 22.5. The molecule has 20 heavy (non-hydrogen) atoms. The number of hydrogen-bond donors (Lipinski definition) is 1. The Balaban J connectivity index is 2.36. The predicted molar refractivity (Wildman–Crippen MR) is 82.6 cm³/mol. The van der Waals surface area contributed by atoms with Gasteiger partial charge in [-0.05, 0) is 12.1 Å². The van der Waals surface area contributed by atoms with Crippen molar-refractivity contribution in [2.45, 2.75) is 6.54 Å². The topological polar surface area (TPSA) is 76.3 Å². The molecule has 1 heterocycles. The lowest BCUT2D eigenvalue weighted by atomic mass is 10.1. The molecule has 1 aromatic heterocycles. The molecule has 0 radical (unpaired) electrons. The molecule has 5 nitrogen and oxygen atoms in total. The molecule has 0 atom stereocenters. The fourth-order valence-electron chi connectivity index (χ4n) is 2.04. The Hall–Kier alpha value is -1.66. The van der Waals surface area contributed by atoms with Crippen molar-refractivity contribution in [2.75, 3.05) is 30.5 Å². The highest BCUT2D eigenvalue weighted by molar-refractivity contribution is 7.90. The standard InChI is InChI=1S/C14H19N3O2S/c1-17(7-8-20(2,18)19)14-12(10-15)9-11-5-3-4-6-13(11)16-14/h3-6,9H,7-8,10,15H2,1-2H3. The van der Waals surface area contributed by atoms with Crippen LogP contribution in [0, 0.1) is 0 Å². The zero-order valence-electron chi connectivity index (χ0n) is 11.7. The van der Waals surface area contributed by atoms with Gasteiger partial charge in [-0.2, -0.15) is 0 Å². The lowest BCUT2D eigenvalue weighted by Gasteiger charge is -2.21. The number of fused-ring (bicyclic) bond motifs is 1. The van der Waals surface area contributed by atoms with E-state index in [9.17, 15) is 8.42 Å². The maximum atomic E-state index is 11.3. The highest BCUT2D eigenvalue weighted by Gasteiger charge is 2.12. The SMILES string of the molecule is CN(CCS(C)(=O)=O)c1nc2ccccc2cc1CN. The van der Waals surface area contributed by atoms with Crippen molar-refractivity contribution < 1.29 is 8.42 Å². The Morgan fingerprint density at radius 2 is 2.00 bits per heavy atom. The zero-order valence-corrected chi connectivity index (χ0v) is 12.5. The lowest BCUT2D eigenvalue weighted by molar-refractivity contribution is 0.601. The quantitative estimate of drug-likeness (QED) is 0.895. The second kappa shape index (κ2) is 5.76. The highest BCUT2D eigenvalue weighted by atomic mass is 32.2. The largest absolute Gasteiger partial charge is 0.358 e. The molecule has 0 amide bonds. The third-order valence-corrected chi connectivity index (χ3v) is 4.08. The van der Waals surface area contributed by atoms with Crippen LogP contribution in [0.15, 0.2) is 30.3 Å². The molecule has 6 heteroatoms. The van der Waals surface area contributed by atoms with E-state index < -0.39 is 9.84 Å². The van der Waals surface area contributed by atoms with Crippen molar-refractivity contribution in [1.29, 1.82) is 0 Å². The lowest BCUT2D eigenvalue weighted by Crippen LogP contribution is -2.27. The number of rotatable bonds is 5. The molecular formula is C14H19N3O2S. The molecule has 108 valence electrons. The van der Waals surface area contributed by atoms with Crippen LogP contribution in [-0.2, 0) is 16.4 Å². The molecule has 2 aromatic rings. The third-order valence-electron chi connectivity index (χ3n) is 3.16. The van der Waals surface area contributed by atoms with Crippen LogP contribution in [0.4, 0.5) is 5.82 Å². The van der Waals surface area contributed by atoms with Gasteiger partial charge in [-0.15, -0.1) is 0 Å². The Labute approximate surface area is 119 Å². The van der Waals surface area contributed by atoms with Gasteiger partial charge >= 0.3 is 0 Å². The van der Waals surface area contributed by atoms with Gasteiger partial charge in [-0.1, -0.05) is 18.2 Å². The van der Waals surface area contributed by atoms with Crippen LogP contribution in [0.2, 0.25) is 0 Å². The van der Waals surface area contributed by atoms with E-state index in [-0.39, 0.29) is 5.75 Å². The normalized spacial score (nSPS) is 11.8. The van der Waals surface area contributed by atoms with Gasteiger partial charge in [-0.3, -0.25) is 0 Å². The van der Waals surface area contributed by atoms with Crippen molar-refractivity contribution in [1.82, 2.24) is 4.98 Å². The summed E-state index contributed by atoms with van der Waals surface area (Å²) in [5.74, 6) is 0.844. The second-order valence-corrected chi connectivity index (χ2v) is 7.18. The van der Waals surface area contributed by atoms with Crippen LogP contribution in [0.25, 0.3) is 10.9 Å². The van der Waals surface area contributed by atoms with Crippen molar-refractivity contribution in [3.63, 3.8) is 0 Å².